The van der Waals surface area contributed by atoms with Crippen molar-refractivity contribution in [2.45, 2.75) is 50.7 Å². The van der Waals surface area contributed by atoms with E-state index >= 15 is 0 Å². The first-order valence-electron chi connectivity index (χ1n) is 5.56. The lowest BCUT2D eigenvalue weighted by atomic mass is 9.91. The highest BCUT2D eigenvalue weighted by Gasteiger charge is 2.24. The van der Waals surface area contributed by atoms with Crippen LogP contribution in [-0.2, 0) is 4.79 Å². The molecule has 6 heteroatoms. The number of carboxylic acids is 1. The van der Waals surface area contributed by atoms with E-state index in [4.69, 9.17) is 10.8 Å². The van der Waals surface area contributed by atoms with Crippen LogP contribution in [0.1, 0.15) is 32.6 Å². The van der Waals surface area contributed by atoms with Gasteiger partial charge >= 0.3 is 12.0 Å². The Bertz CT molecular complexity index is 270. The third-order valence-electron chi connectivity index (χ3n) is 2.85. The Morgan fingerprint density at radius 1 is 1.38 bits per heavy atom. The maximum absolute atomic E-state index is 11.4. The molecule has 5 N–H and O–H groups in total. The van der Waals surface area contributed by atoms with Crippen LogP contribution in [-0.4, -0.2) is 35.2 Å². The molecule has 1 saturated carbocycles. The van der Waals surface area contributed by atoms with E-state index in [1.54, 1.807) is 0 Å². The molecule has 0 saturated heterocycles. The van der Waals surface area contributed by atoms with Gasteiger partial charge < -0.3 is 21.5 Å². The van der Waals surface area contributed by atoms with Crippen LogP contribution < -0.4 is 16.4 Å². The number of carbonyl (C=O) groups is 2. The van der Waals surface area contributed by atoms with Gasteiger partial charge in [-0.3, -0.25) is 4.79 Å². The molecule has 0 aromatic carbocycles. The van der Waals surface area contributed by atoms with Crippen LogP contribution in [0.2, 0.25) is 0 Å². The van der Waals surface area contributed by atoms with Gasteiger partial charge in [-0.25, -0.2) is 4.79 Å². The number of hydrogen-bond acceptors (Lipinski definition) is 3. The number of hydrogen-bond donors (Lipinski definition) is 4. The predicted molar refractivity (Wildman–Crippen MR) is 59.0 cm³/mol. The fourth-order valence-corrected chi connectivity index (χ4v) is 1.81. The molecule has 16 heavy (non-hydrogen) atoms. The van der Waals surface area contributed by atoms with Gasteiger partial charge in [0, 0.05) is 12.1 Å². The summed E-state index contributed by atoms with van der Waals surface area (Å²) in [6.07, 6.45) is 3.90. The molecule has 0 spiro atoms. The van der Waals surface area contributed by atoms with Crippen molar-refractivity contribution < 1.29 is 14.7 Å². The van der Waals surface area contributed by atoms with Gasteiger partial charge in [0.05, 0.1) is 0 Å². The molecule has 3 atom stereocenters. The second kappa shape index (κ2) is 5.69. The molecule has 1 rings (SSSR count). The molecule has 1 aliphatic rings. The summed E-state index contributed by atoms with van der Waals surface area (Å²) in [5.74, 6) is -1.05. The number of urea groups is 1. The molecular weight excluding hydrogens is 210 g/mol. The molecule has 0 heterocycles. The molecule has 0 aliphatic heterocycles. The summed E-state index contributed by atoms with van der Waals surface area (Å²) in [6, 6.07) is -1.42. The average molecular weight is 229 g/mol. The Balaban J connectivity index is 2.35. The quantitative estimate of drug-likeness (QED) is 0.548. The van der Waals surface area contributed by atoms with Crippen LogP contribution >= 0.6 is 0 Å². The van der Waals surface area contributed by atoms with E-state index in [0.29, 0.717) is 0 Å². The van der Waals surface area contributed by atoms with Gasteiger partial charge in [0.15, 0.2) is 0 Å². The second-order valence-corrected chi connectivity index (χ2v) is 4.23. The fourth-order valence-electron chi connectivity index (χ4n) is 1.81. The smallest absolute Gasteiger partial charge is 0.325 e. The van der Waals surface area contributed by atoms with Crippen molar-refractivity contribution in [2.75, 3.05) is 0 Å². The number of rotatable bonds is 3. The van der Waals surface area contributed by atoms with Gasteiger partial charge in [0.2, 0.25) is 0 Å². The van der Waals surface area contributed by atoms with Crippen LogP contribution in [0.5, 0.6) is 0 Å². The first-order chi connectivity index (χ1) is 7.50. The maximum atomic E-state index is 11.4. The van der Waals surface area contributed by atoms with Gasteiger partial charge in [0.1, 0.15) is 6.04 Å². The zero-order valence-electron chi connectivity index (χ0n) is 9.40. The molecule has 0 aromatic heterocycles. The van der Waals surface area contributed by atoms with Gasteiger partial charge in [-0.1, -0.05) is 12.8 Å². The van der Waals surface area contributed by atoms with E-state index in [1.807, 2.05) is 0 Å². The summed E-state index contributed by atoms with van der Waals surface area (Å²) < 4.78 is 0. The van der Waals surface area contributed by atoms with Crippen molar-refractivity contribution in [1.29, 1.82) is 0 Å². The predicted octanol–water partition coefficient (Wildman–Crippen LogP) is 0.0286. The lowest BCUT2D eigenvalue weighted by Gasteiger charge is -2.29. The van der Waals surface area contributed by atoms with Crippen molar-refractivity contribution in [3.8, 4) is 0 Å². The number of carboxylic acid groups (broad SMARTS) is 1. The second-order valence-electron chi connectivity index (χ2n) is 4.23. The van der Waals surface area contributed by atoms with Gasteiger partial charge in [-0.05, 0) is 19.8 Å². The standard InChI is InChI=1S/C10H19N3O3/c1-6(9(14)15)12-10(16)13-8-5-3-2-4-7(8)11/h6-8H,2-5,11H2,1H3,(H,14,15)(H2,12,13,16)/t6-,7?,8?/m0/s1. The number of aliphatic carboxylic acids is 1. The molecule has 92 valence electrons. The molecule has 0 bridgehead atoms. The van der Waals surface area contributed by atoms with E-state index < -0.39 is 18.0 Å². The van der Waals surface area contributed by atoms with E-state index in [9.17, 15) is 9.59 Å². The average Bonchev–Trinajstić information content (AvgIpc) is 2.21. The monoisotopic (exact) mass is 229 g/mol. The van der Waals surface area contributed by atoms with Crippen molar-refractivity contribution in [2.24, 2.45) is 5.73 Å². The summed E-state index contributed by atoms with van der Waals surface area (Å²) in [7, 11) is 0. The highest BCUT2D eigenvalue weighted by molar-refractivity contribution is 5.82. The molecular formula is C10H19N3O3. The zero-order valence-corrected chi connectivity index (χ0v) is 9.40. The van der Waals surface area contributed by atoms with Crippen molar-refractivity contribution in [3.05, 3.63) is 0 Å². The molecule has 2 unspecified atom stereocenters. The van der Waals surface area contributed by atoms with Crippen LogP contribution in [0.15, 0.2) is 0 Å². The van der Waals surface area contributed by atoms with Crippen molar-refractivity contribution >= 4 is 12.0 Å². The molecule has 0 aromatic rings. The Kier molecular flexibility index (Phi) is 4.54. The lowest BCUT2D eigenvalue weighted by Crippen LogP contribution is -2.54. The number of carbonyl (C=O) groups excluding carboxylic acids is 1. The third-order valence-corrected chi connectivity index (χ3v) is 2.85. The third kappa shape index (κ3) is 3.69. The number of nitrogens with one attached hydrogen (secondary N) is 2. The number of amides is 2. The normalized spacial score (nSPS) is 26.9. The Hall–Kier alpha value is -1.30. The highest BCUT2D eigenvalue weighted by atomic mass is 16.4. The van der Waals surface area contributed by atoms with E-state index in [0.717, 1.165) is 25.7 Å². The fraction of sp³-hybridized carbons (Fsp3) is 0.800. The maximum Gasteiger partial charge on any atom is 0.325 e. The summed E-state index contributed by atoms with van der Waals surface area (Å²) in [5, 5.41) is 13.7. The molecule has 1 fully saturated rings. The lowest BCUT2D eigenvalue weighted by molar-refractivity contribution is -0.138. The summed E-state index contributed by atoms with van der Waals surface area (Å²) in [5.41, 5.74) is 5.86. The summed E-state index contributed by atoms with van der Waals surface area (Å²) >= 11 is 0. The molecule has 1 aliphatic carbocycles. The van der Waals surface area contributed by atoms with Crippen LogP contribution in [0, 0.1) is 0 Å². The first-order valence-corrected chi connectivity index (χ1v) is 5.56. The molecule has 6 nitrogen and oxygen atoms in total. The van der Waals surface area contributed by atoms with E-state index in [-0.39, 0.29) is 12.1 Å². The van der Waals surface area contributed by atoms with Crippen LogP contribution in [0.3, 0.4) is 0 Å². The SMILES string of the molecule is C[C@H](NC(=O)NC1CCCCC1N)C(=O)O. The Labute approximate surface area is 94.6 Å². The first kappa shape index (κ1) is 12.8. The zero-order chi connectivity index (χ0) is 12.1. The van der Waals surface area contributed by atoms with Crippen molar-refractivity contribution in [1.82, 2.24) is 10.6 Å². The van der Waals surface area contributed by atoms with E-state index in [2.05, 4.69) is 10.6 Å². The van der Waals surface area contributed by atoms with E-state index in [1.165, 1.54) is 6.92 Å². The van der Waals surface area contributed by atoms with Crippen molar-refractivity contribution in [3.63, 3.8) is 0 Å². The highest BCUT2D eigenvalue weighted by Crippen LogP contribution is 2.16. The Morgan fingerprint density at radius 2 is 2.00 bits per heavy atom. The van der Waals surface area contributed by atoms with Gasteiger partial charge in [0.25, 0.3) is 0 Å². The summed E-state index contributed by atoms with van der Waals surface area (Å²) in [4.78, 5) is 22.0. The Morgan fingerprint density at radius 3 is 2.56 bits per heavy atom. The molecule has 2 amide bonds. The minimum Gasteiger partial charge on any atom is -0.480 e. The molecule has 0 radical (unpaired) electrons. The largest absolute Gasteiger partial charge is 0.480 e. The summed E-state index contributed by atoms with van der Waals surface area (Å²) in [6.45, 7) is 1.42. The van der Waals surface area contributed by atoms with Crippen LogP contribution in [0.25, 0.3) is 0 Å². The van der Waals surface area contributed by atoms with Gasteiger partial charge in [-0.2, -0.15) is 0 Å². The number of nitrogens with two attached hydrogens (primary N) is 1. The van der Waals surface area contributed by atoms with Crippen LogP contribution in [0.4, 0.5) is 4.79 Å². The van der Waals surface area contributed by atoms with Gasteiger partial charge in [-0.15, -0.1) is 0 Å². The minimum absolute atomic E-state index is 0.0281. The minimum atomic E-state index is -1.05. The topological polar surface area (TPSA) is 104 Å².